The van der Waals surface area contributed by atoms with Crippen molar-refractivity contribution in [3.63, 3.8) is 0 Å². The highest BCUT2D eigenvalue weighted by atomic mass is 35.5. The molecule has 5 nitrogen and oxygen atoms in total. The van der Waals surface area contributed by atoms with E-state index in [1.54, 1.807) is 0 Å². The molecule has 0 aromatic carbocycles. The number of hydrogen-bond donors (Lipinski definition) is 2. The van der Waals surface area contributed by atoms with Gasteiger partial charge in [0.2, 0.25) is 0 Å². The molecule has 0 spiro atoms. The van der Waals surface area contributed by atoms with E-state index < -0.39 is 11.7 Å². The first kappa shape index (κ1) is 14.9. The predicted octanol–water partition coefficient (Wildman–Crippen LogP) is 2.30. The average Bonchev–Trinajstić information content (AvgIpc) is 2.84. The predicted molar refractivity (Wildman–Crippen MR) is 66.7 cm³/mol. The Kier molecular flexibility index (Phi) is 4.34. The molecule has 2 heterocycles. The Bertz CT molecular complexity index is 522. The van der Waals surface area contributed by atoms with Crippen LogP contribution in [0.5, 0.6) is 0 Å². The van der Waals surface area contributed by atoms with Crippen LogP contribution in [0.15, 0.2) is 17.4 Å². The molecule has 1 atom stereocenters. The van der Waals surface area contributed by atoms with Crippen molar-refractivity contribution in [1.29, 1.82) is 0 Å². The number of alkyl halides is 3. The van der Waals surface area contributed by atoms with E-state index in [0.717, 1.165) is 6.07 Å². The van der Waals surface area contributed by atoms with Crippen LogP contribution in [0.4, 0.5) is 19.0 Å². The van der Waals surface area contributed by atoms with Crippen molar-refractivity contribution in [2.45, 2.75) is 18.7 Å². The van der Waals surface area contributed by atoms with Crippen LogP contribution < -0.4 is 5.32 Å². The number of aromatic nitrogens is 1. The smallest absolute Gasteiger partial charge is 0.390 e. The number of pyridine rings is 1. The molecule has 2 N–H and O–H groups in total. The number of anilines is 1. The van der Waals surface area contributed by atoms with Gasteiger partial charge < -0.3 is 15.3 Å². The summed E-state index contributed by atoms with van der Waals surface area (Å²) in [6.07, 6.45) is -3.63. The first-order chi connectivity index (χ1) is 9.40. The van der Waals surface area contributed by atoms with Crippen LogP contribution in [0.1, 0.15) is 12.0 Å². The van der Waals surface area contributed by atoms with E-state index in [0.29, 0.717) is 18.3 Å². The molecule has 0 amide bonds. The van der Waals surface area contributed by atoms with E-state index in [1.807, 2.05) is 0 Å². The molecule has 20 heavy (non-hydrogen) atoms. The summed E-state index contributed by atoms with van der Waals surface area (Å²) in [6.45, 7) is 0.0842. The zero-order valence-electron chi connectivity index (χ0n) is 10.1. The summed E-state index contributed by atoms with van der Waals surface area (Å²) in [5, 5.41) is 15.2. The van der Waals surface area contributed by atoms with Crippen molar-refractivity contribution in [3.05, 3.63) is 22.8 Å². The maximum absolute atomic E-state index is 12.4. The van der Waals surface area contributed by atoms with Crippen molar-refractivity contribution >= 4 is 23.1 Å². The van der Waals surface area contributed by atoms with E-state index in [1.165, 1.54) is 0 Å². The second-order valence-corrected chi connectivity index (χ2v) is 4.59. The Balaban J connectivity index is 1.94. The van der Waals surface area contributed by atoms with Crippen LogP contribution in [-0.2, 0) is 11.0 Å². The number of halogens is 4. The van der Waals surface area contributed by atoms with Gasteiger partial charge in [-0.1, -0.05) is 16.8 Å². The lowest BCUT2D eigenvalue weighted by molar-refractivity contribution is -0.137. The van der Waals surface area contributed by atoms with Gasteiger partial charge in [-0.25, -0.2) is 4.98 Å². The summed E-state index contributed by atoms with van der Waals surface area (Å²) < 4.78 is 37.3. The Hall–Kier alpha value is -1.54. The Labute approximate surface area is 117 Å². The lowest BCUT2D eigenvalue weighted by atomic mass is 10.2. The molecule has 0 radical (unpaired) electrons. The number of rotatable bonds is 4. The van der Waals surface area contributed by atoms with Gasteiger partial charge in [0, 0.05) is 12.6 Å². The number of aliphatic hydroxyl groups is 1. The molecule has 110 valence electrons. The lowest BCUT2D eigenvalue weighted by Gasteiger charge is -2.13. The van der Waals surface area contributed by atoms with Crippen molar-refractivity contribution in [2.75, 3.05) is 18.5 Å². The Morgan fingerprint density at radius 1 is 1.50 bits per heavy atom. The molecule has 0 fully saturated rings. The third kappa shape index (κ3) is 3.51. The fraction of sp³-hybridized carbons (Fsp3) is 0.455. The van der Waals surface area contributed by atoms with Crippen molar-refractivity contribution in [3.8, 4) is 0 Å². The van der Waals surface area contributed by atoms with Gasteiger partial charge in [-0.2, -0.15) is 13.2 Å². The maximum Gasteiger partial charge on any atom is 0.417 e. The van der Waals surface area contributed by atoms with Crippen molar-refractivity contribution < 1.29 is 23.1 Å². The van der Waals surface area contributed by atoms with Crippen LogP contribution in [0.25, 0.3) is 0 Å². The fourth-order valence-electron chi connectivity index (χ4n) is 1.62. The molecule has 1 aliphatic rings. The topological polar surface area (TPSA) is 66.7 Å². The molecule has 1 aromatic rings. The normalized spacial score (nSPS) is 18.6. The van der Waals surface area contributed by atoms with Crippen molar-refractivity contribution in [2.24, 2.45) is 5.16 Å². The van der Waals surface area contributed by atoms with E-state index in [-0.39, 0.29) is 30.1 Å². The zero-order chi connectivity index (χ0) is 14.8. The summed E-state index contributed by atoms with van der Waals surface area (Å²) in [6, 6.07) is 0.808. The van der Waals surface area contributed by atoms with Gasteiger partial charge in [-0.05, 0) is 6.07 Å². The lowest BCUT2D eigenvalue weighted by Crippen LogP contribution is -2.21. The molecule has 0 saturated carbocycles. The molecule has 0 bridgehead atoms. The SMILES string of the molecule is OCC1=NO[C@H](CNc2ncc(C(F)(F)F)cc2Cl)C1. The fourth-order valence-corrected chi connectivity index (χ4v) is 1.86. The molecular weight excluding hydrogens is 299 g/mol. The third-order valence-corrected chi connectivity index (χ3v) is 2.93. The minimum absolute atomic E-state index is 0.124. The van der Waals surface area contributed by atoms with Crippen LogP contribution in [0, 0.1) is 0 Å². The van der Waals surface area contributed by atoms with Crippen LogP contribution in [0.3, 0.4) is 0 Å². The monoisotopic (exact) mass is 309 g/mol. The maximum atomic E-state index is 12.4. The first-order valence-corrected chi connectivity index (χ1v) is 6.07. The first-order valence-electron chi connectivity index (χ1n) is 5.69. The summed E-state index contributed by atoms with van der Waals surface area (Å²) in [7, 11) is 0. The van der Waals surface area contributed by atoms with Gasteiger partial charge in [0.15, 0.2) is 0 Å². The van der Waals surface area contributed by atoms with Gasteiger partial charge in [0.1, 0.15) is 11.9 Å². The largest absolute Gasteiger partial charge is 0.417 e. The second-order valence-electron chi connectivity index (χ2n) is 4.18. The van der Waals surface area contributed by atoms with E-state index >= 15 is 0 Å². The van der Waals surface area contributed by atoms with Crippen LogP contribution >= 0.6 is 11.6 Å². The molecule has 2 rings (SSSR count). The zero-order valence-corrected chi connectivity index (χ0v) is 10.9. The highest BCUT2D eigenvalue weighted by molar-refractivity contribution is 6.32. The second kappa shape index (κ2) is 5.84. The van der Waals surface area contributed by atoms with Gasteiger partial charge in [0.05, 0.1) is 29.4 Å². The number of oxime groups is 1. The molecule has 1 aromatic heterocycles. The molecule has 9 heteroatoms. The molecule has 0 unspecified atom stereocenters. The van der Waals surface area contributed by atoms with Crippen molar-refractivity contribution in [1.82, 2.24) is 4.98 Å². The molecule has 0 aliphatic carbocycles. The van der Waals surface area contributed by atoms with Crippen LogP contribution in [-0.4, -0.2) is 35.1 Å². The minimum atomic E-state index is -4.48. The molecule has 1 aliphatic heterocycles. The van der Waals surface area contributed by atoms with E-state index in [4.69, 9.17) is 21.5 Å². The quantitative estimate of drug-likeness (QED) is 0.895. The number of hydrogen-bond acceptors (Lipinski definition) is 5. The molecular formula is C11H11ClF3N3O2. The Morgan fingerprint density at radius 3 is 2.80 bits per heavy atom. The third-order valence-electron chi connectivity index (χ3n) is 2.64. The van der Waals surface area contributed by atoms with Gasteiger partial charge in [0.25, 0.3) is 0 Å². The standard InChI is InChI=1S/C11H11ClF3N3O2/c12-9-1-6(11(13,14)15)3-16-10(9)17-4-8-2-7(5-19)18-20-8/h1,3,8,19H,2,4-5H2,(H,16,17)/t8-/m0/s1. The minimum Gasteiger partial charge on any atom is -0.390 e. The van der Waals surface area contributed by atoms with E-state index in [9.17, 15) is 13.2 Å². The summed E-state index contributed by atoms with van der Waals surface area (Å²) in [4.78, 5) is 8.65. The summed E-state index contributed by atoms with van der Waals surface area (Å²) >= 11 is 5.74. The Morgan fingerprint density at radius 2 is 2.25 bits per heavy atom. The van der Waals surface area contributed by atoms with Gasteiger partial charge >= 0.3 is 6.18 Å². The summed E-state index contributed by atoms with van der Waals surface area (Å²) in [5.74, 6) is 0.140. The highest BCUT2D eigenvalue weighted by Gasteiger charge is 2.31. The summed E-state index contributed by atoms with van der Waals surface area (Å²) in [5.41, 5.74) is -0.389. The number of nitrogens with one attached hydrogen (secondary N) is 1. The van der Waals surface area contributed by atoms with Gasteiger partial charge in [-0.15, -0.1) is 0 Å². The van der Waals surface area contributed by atoms with Gasteiger partial charge in [-0.3, -0.25) is 0 Å². The van der Waals surface area contributed by atoms with Crippen LogP contribution in [0.2, 0.25) is 5.02 Å². The average molecular weight is 310 g/mol. The van der Waals surface area contributed by atoms with E-state index in [2.05, 4.69) is 15.5 Å². The number of nitrogens with zero attached hydrogens (tertiary/aromatic N) is 2. The highest BCUT2D eigenvalue weighted by Crippen LogP contribution is 2.32. The number of aliphatic hydroxyl groups excluding tert-OH is 1. The molecule has 0 saturated heterocycles.